The Morgan fingerprint density at radius 1 is 1.35 bits per heavy atom. The standard InChI is InChI=1S/C17H27N7O.HI/c1-7-8-18-16(20-10-14-23-22-12(2)24(14)6)21-11-15-19-9-13(25-15)17(3,4)5;/h7,9H,1,8,10-11H2,2-6H3,(H2,18,20,21);1H. The minimum atomic E-state index is -0.0632. The monoisotopic (exact) mass is 473 g/mol. The third-order valence-corrected chi connectivity index (χ3v) is 3.67. The van der Waals surface area contributed by atoms with E-state index >= 15 is 0 Å². The Balaban J connectivity index is 0.00000338. The van der Waals surface area contributed by atoms with Crippen LogP contribution in [0.4, 0.5) is 0 Å². The van der Waals surface area contributed by atoms with Crippen LogP contribution in [0.1, 0.15) is 44.1 Å². The van der Waals surface area contributed by atoms with Crippen molar-refractivity contribution >= 4 is 29.9 Å². The largest absolute Gasteiger partial charge is 0.443 e. The summed E-state index contributed by atoms with van der Waals surface area (Å²) in [4.78, 5) is 8.84. The highest BCUT2D eigenvalue weighted by Crippen LogP contribution is 2.22. The molecule has 0 spiro atoms. The van der Waals surface area contributed by atoms with Crippen molar-refractivity contribution in [3.05, 3.63) is 42.2 Å². The molecule has 0 aromatic carbocycles. The van der Waals surface area contributed by atoms with E-state index in [4.69, 9.17) is 4.42 Å². The van der Waals surface area contributed by atoms with Crippen molar-refractivity contribution in [2.24, 2.45) is 12.0 Å². The van der Waals surface area contributed by atoms with Crippen LogP contribution in [0.15, 0.2) is 28.3 Å². The van der Waals surface area contributed by atoms with Gasteiger partial charge in [-0.1, -0.05) is 26.8 Å². The van der Waals surface area contributed by atoms with Crippen molar-refractivity contribution in [2.45, 2.75) is 46.2 Å². The first-order chi connectivity index (χ1) is 11.8. The van der Waals surface area contributed by atoms with E-state index in [-0.39, 0.29) is 29.4 Å². The molecule has 0 unspecified atom stereocenters. The molecule has 2 aromatic rings. The molecule has 2 aromatic heterocycles. The van der Waals surface area contributed by atoms with Gasteiger partial charge in [0.15, 0.2) is 11.8 Å². The molecule has 144 valence electrons. The smallest absolute Gasteiger partial charge is 0.213 e. The van der Waals surface area contributed by atoms with Gasteiger partial charge in [0.2, 0.25) is 5.89 Å². The molecule has 26 heavy (non-hydrogen) atoms. The Bertz CT molecular complexity index is 743. The van der Waals surface area contributed by atoms with E-state index in [1.165, 1.54) is 0 Å². The number of halogens is 1. The van der Waals surface area contributed by atoms with Gasteiger partial charge in [0.1, 0.15) is 18.1 Å². The fraction of sp³-hybridized carbons (Fsp3) is 0.529. The summed E-state index contributed by atoms with van der Waals surface area (Å²) in [6.45, 7) is 13.4. The molecule has 0 aliphatic carbocycles. The number of aromatic nitrogens is 4. The summed E-state index contributed by atoms with van der Waals surface area (Å²) in [6.07, 6.45) is 3.54. The predicted octanol–water partition coefficient (Wildman–Crippen LogP) is 2.45. The molecule has 2 N–H and O–H groups in total. The number of hydrogen-bond acceptors (Lipinski definition) is 5. The lowest BCUT2D eigenvalue weighted by molar-refractivity contribution is 0.379. The lowest BCUT2D eigenvalue weighted by Crippen LogP contribution is -2.37. The average molecular weight is 473 g/mol. The molecule has 2 rings (SSSR count). The van der Waals surface area contributed by atoms with Gasteiger partial charge in [-0.05, 0) is 6.92 Å². The molecule has 0 aliphatic heterocycles. The molecule has 0 aliphatic rings. The summed E-state index contributed by atoms with van der Waals surface area (Å²) in [5.74, 6) is 3.76. The zero-order chi connectivity index (χ0) is 18.4. The summed E-state index contributed by atoms with van der Waals surface area (Å²) < 4.78 is 7.70. The first-order valence-electron chi connectivity index (χ1n) is 8.24. The lowest BCUT2D eigenvalue weighted by atomic mass is 9.94. The van der Waals surface area contributed by atoms with Gasteiger partial charge in [-0.3, -0.25) is 0 Å². The molecular formula is C17H28IN7O. The van der Waals surface area contributed by atoms with Crippen molar-refractivity contribution in [3.8, 4) is 0 Å². The summed E-state index contributed by atoms with van der Waals surface area (Å²) in [6, 6.07) is 0. The van der Waals surface area contributed by atoms with Gasteiger partial charge >= 0.3 is 0 Å². The zero-order valence-corrected chi connectivity index (χ0v) is 18.4. The molecule has 0 saturated carbocycles. The number of oxazole rings is 1. The van der Waals surface area contributed by atoms with E-state index in [0.717, 1.165) is 17.4 Å². The second-order valence-corrected chi connectivity index (χ2v) is 6.78. The number of aryl methyl sites for hydroxylation is 1. The summed E-state index contributed by atoms with van der Waals surface area (Å²) in [7, 11) is 1.92. The number of guanidine groups is 1. The number of rotatable bonds is 6. The van der Waals surface area contributed by atoms with Crippen LogP contribution in [0.25, 0.3) is 0 Å². The summed E-state index contributed by atoms with van der Waals surface area (Å²) in [5, 5.41) is 14.5. The zero-order valence-electron chi connectivity index (χ0n) is 16.0. The van der Waals surface area contributed by atoms with Crippen LogP contribution in [0.2, 0.25) is 0 Å². The van der Waals surface area contributed by atoms with Crippen LogP contribution in [0.3, 0.4) is 0 Å². The second kappa shape index (κ2) is 9.70. The Hall–Kier alpha value is -1.91. The van der Waals surface area contributed by atoms with Crippen LogP contribution < -0.4 is 10.6 Å². The second-order valence-electron chi connectivity index (χ2n) is 6.78. The number of nitrogens with zero attached hydrogens (tertiary/aromatic N) is 5. The van der Waals surface area contributed by atoms with Crippen LogP contribution in [-0.2, 0) is 25.6 Å². The van der Waals surface area contributed by atoms with E-state index in [1.54, 1.807) is 12.3 Å². The normalized spacial score (nSPS) is 11.8. The molecule has 0 saturated heterocycles. The quantitative estimate of drug-likeness (QED) is 0.290. The molecule has 8 nitrogen and oxygen atoms in total. The van der Waals surface area contributed by atoms with Crippen LogP contribution in [-0.4, -0.2) is 32.3 Å². The molecule has 0 bridgehead atoms. The van der Waals surface area contributed by atoms with E-state index < -0.39 is 0 Å². The maximum atomic E-state index is 5.79. The lowest BCUT2D eigenvalue weighted by Gasteiger charge is -2.13. The van der Waals surface area contributed by atoms with Gasteiger partial charge in [0, 0.05) is 19.0 Å². The Labute approximate surface area is 171 Å². The Morgan fingerprint density at radius 3 is 2.62 bits per heavy atom. The fourth-order valence-electron chi connectivity index (χ4n) is 1.98. The number of hydrogen-bond donors (Lipinski definition) is 2. The molecule has 2 heterocycles. The SMILES string of the molecule is C=CCNC(=NCc1nnc(C)n1C)NCc1ncc(C(C)(C)C)o1.I. The molecule has 0 radical (unpaired) electrons. The molecule has 0 amide bonds. The molecule has 9 heteroatoms. The van der Waals surface area contributed by atoms with Crippen molar-refractivity contribution in [3.63, 3.8) is 0 Å². The molecule has 0 fully saturated rings. The van der Waals surface area contributed by atoms with Gasteiger partial charge in [-0.25, -0.2) is 9.98 Å². The average Bonchev–Trinajstić information content (AvgIpc) is 3.15. The maximum Gasteiger partial charge on any atom is 0.213 e. The first kappa shape index (κ1) is 22.1. The topological polar surface area (TPSA) is 93.2 Å². The summed E-state index contributed by atoms with van der Waals surface area (Å²) >= 11 is 0. The predicted molar refractivity (Wildman–Crippen MR) is 113 cm³/mol. The third-order valence-electron chi connectivity index (χ3n) is 3.67. The third kappa shape index (κ3) is 6.11. The van der Waals surface area contributed by atoms with Crippen LogP contribution in [0, 0.1) is 6.92 Å². The highest BCUT2D eigenvalue weighted by atomic mass is 127. The number of aliphatic imine (C=N–C) groups is 1. The van der Waals surface area contributed by atoms with Crippen LogP contribution in [0.5, 0.6) is 0 Å². The fourth-order valence-corrected chi connectivity index (χ4v) is 1.98. The van der Waals surface area contributed by atoms with Crippen LogP contribution >= 0.6 is 24.0 Å². The number of nitrogens with one attached hydrogen (secondary N) is 2. The van der Waals surface area contributed by atoms with E-state index in [1.807, 2.05) is 18.5 Å². The highest BCUT2D eigenvalue weighted by molar-refractivity contribution is 14.0. The van der Waals surface area contributed by atoms with Gasteiger partial charge in [0.05, 0.1) is 12.7 Å². The van der Waals surface area contributed by atoms with Crippen molar-refractivity contribution in [2.75, 3.05) is 6.54 Å². The molecule has 0 atom stereocenters. The van der Waals surface area contributed by atoms with Gasteiger partial charge in [0.25, 0.3) is 0 Å². The van der Waals surface area contributed by atoms with Crippen molar-refractivity contribution in [1.29, 1.82) is 0 Å². The first-order valence-corrected chi connectivity index (χ1v) is 8.24. The van der Waals surface area contributed by atoms with E-state index in [9.17, 15) is 0 Å². The van der Waals surface area contributed by atoms with E-state index in [2.05, 4.69) is 58.2 Å². The highest BCUT2D eigenvalue weighted by Gasteiger charge is 2.19. The molecular weight excluding hydrogens is 445 g/mol. The summed E-state index contributed by atoms with van der Waals surface area (Å²) in [5.41, 5.74) is -0.0632. The van der Waals surface area contributed by atoms with Crippen molar-refractivity contribution < 1.29 is 4.42 Å². The van der Waals surface area contributed by atoms with Gasteiger partial charge in [-0.2, -0.15) is 0 Å². The van der Waals surface area contributed by atoms with Crippen molar-refractivity contribution in [1.82, 2.24) is 30.4 Å². The Morgan fingerprint density at radius 2 is 2.08 bits per heavy atom. The Kier molecular flexibility index (Phi) is 8.25. The van der Waals surface area contributed by atoms with Gasteiger partial charge in [-0.15, -0.1) is 40.8 Å². The maximum absolute atomic E-state index is 5.79. The minimum Gasteiger partial charge on any atom is -0.443 e. The minimum absolute atomic E-state index is 0. The van der Waals surface area contributed by atoms with E-state index in [0.29, 0.717) is 31.5 Å². The van der Waals surface area contributed by atoms with Gasteiger partial charge < -0.3 is 19.6 Å².